The summed E-state index contributed by atoms with van der Waals surface area (Å²) in [5.41, 5.74) is 3.65. The third kappa shape index (κ3) is 3.54. The van der Waals surface area contributed by atoms with Crippen molar-refractivity contribution in [1.82, 2.24) is 10.2 Å². The number of hydrogen-bond acceptors (Lipinski definition) is 2. The molecule has 0 aromatic heterocycles. The van der Waals surface area contributed by atoms with Crippen LogP contribution in [0.2, 0.25) is 0 Å². The van der Waals surface area contributed by atoms with E-state index >= 15 is 0 Å². The van der Waals surface area contributed by atoms with Crippen LogP contribution in [0.3, 0.4) is 0 Å². The second-order valence-electron chi connectivity index (χ2n) is 5.77. The van der Waals surface area contributed by atoms with Gasteiger partial charge >= 0.3 is 0 Å². The maximum atomic E-state index is 13.0. The van der Waals surface area contributed by atoms with Gasteiger partial charge in [-0.1, -0.05) is 54.6 Å². The highest BCUT2D eigenvalue weighted by Crippen LogP contribution is 2.27. The van der Waals surface area contributed by atoms with E-state index in [2.05, 4.69) is 58.7 Å². The summed E-state index contributed by atoms with van der Waals surface area (Å²) in [7, 11) is 0. The minimum atomic E-state index is -0.269. The molecule has 2 aromatic carbocycles. The summed E-state index contributed by atoms with van der Waals surface area (Å²) in [5.74, 6) is 0. The molecule has 1 fully saturated rings. The Bertz CT molecular complexity index is 562. The molecule has 2 nitrogen and oxygen atoms in total. The van der Waals surface area contributed by atoms with Gasteiger partial charge in [-0.15, -0.1) is 0 Å². The SMILES string of the molecule is FCC[C@@H](c1ccc(-c2ccccc2)cc1)N1CCNCC1. The molecule has 0 bridgehead atoms. The van der Waals surface area contributed by atoms with Crippen LogP contribution in [0.15, 0.2) is 54.6 Å². The highest BCUT2D eigenvalue weighted by Gasteiger charge is 2.21. The molecular weight excluding hydrogens is 275 g/mol. The molecule has 1 saturated heterocycles. The van der Waals surface area contributed by atoms with E-state index in [0.29, 0.717) is 6.42 Å². The van der Waals surface area contributed by atoms with Gasteiger partial charge in [-0.05, 0) is 23.1 Å². The minimum absolute atomic E-state index is 0.192. The van der Waals surface area contributed by atoms with Gasteiger partial charge in [0.25, 0.3) is 0 Å². The van der Waals surface area contributed by atoms with Crippen LogP contribution in [-0.2, 0) is 0 Å². The molecule has 3 rings (SSSR count). The van der Waals surface area contributed by atoms with Crippen molar-refractivity contribution >= 4 is 0 Å². The molecule has 0 unspecified atom stereocenters. The van der Waals surface area contributed by atoms with E-state index in [4.69, 9.17) is 0 Å². The van der Waals surface area contributed by atoms with Crippen molar-refractivity contribution < 1.29 is 4.39 Å². The lowest BCUT2D eigenvalue weighted by Crippen LogP contribution is -2.45. The molecule has 1 aliphatic heterocycles. The van der Waals surface area contributed by atoms with E-state index in [9.17, 15) is 4.39 Å². The molecule has 1 atom stereocenters. The van der Waals surface area contributed by atoms with Gasteiger partial charge in [0, 0.05) is 32.2 Å². The third-order valence-electron chi connectivity index (χ3n) is 4.38. The average molecular weight is 298 g/mol. The summed E-state index contributed by atoms with van der Waals surface area (Å²) in [4.78, 5) is 2.40. The number of alkyl halides is 1. The van der Waals surface area contributed by atoms with E-state index in [-0.39, 0.29) is 12.7 Å². The van der Waals surface area contributed by atoms with Crippen molar-refractivity contribution in [1.29, 1.82) is 0 Å². The zero-order valence-electron chi connectivity index (χ0n) is 12.8. The van der Waals surface area contributed by atoms with E-state index in [0.717, 1.165) is 26.2 Å². The van der Waals surface area contributed by atoms with E-state index in [1.165, 1.54) is 16.7 Å². The largest absolute Gasteiger partial charge is 0.314 e. The topological polar surface area (TPSA) is 15.3 Å². The van der Waals surface area contributed by atoms with Crippen molar-refractivity contribution in [2.24, 2.45) is 0 Å². The van der Waals surface area contributed by atoms with Crippen LogP contribution in [-0.4, -0.2) is 37.8 Å². The van der Waals surface area contributed by atoms with Crippen molar-refractivity contribution in [3.05, 3.63) is 60.2 Å². The monoisotopic (exact) mass is 298 g/mol. The van der Waals surface area contributed by atoms with Crippen LogP contribution >= 0.6 is 0 Å². The number of rotatable bonds is 5. The number of halogens is 1. The van der Waals surface area contributed by atoms with Gasteiger partial charge in [0.2, 0.25) is 0 Å². The smallest absolute Gasteiger partial charge is 0.0912 e. The maximum Gasteiger partial charge on any atom is 0.0912 e. The highest BCUT2D eigenvalue weighted by atomic mass is 19.1. The fourth-order valence-corrected chi connectivity index (χ4v) is 3.19. The summed E-state index contributed by atoms with van der Waals surface area (Å²) in [6.45, 7) is 3.70. The fraction of sp³-hybridized carbons (Fsp3) is 0.368. The van der Waals surface area contributed by atoms with Crippen molar-refractivity contribution in [3.8, 4) is 11.1 Å². The predicted octanol–water partition coefficient (Wildman–Crippen LogP) is 3.66. The highest BCUT2D eigenvalue weighted by molar-refractivity contribution is 5.63. The Morgan fingerprint density at radius 3 is 2.18 bits per heavy atom. The van der Waals surface area contributed by atoms with Gasteiger partial charge in [-0.25, -0.2) is 0 Å². The molecule has 1 N–H and O–H groups in total. The number of nitrogens with one attached hydrogen (secondary N) is 1. The summed E-state index contributed by atoms with van der Waals surface area (Å²) in [5, 5.41) is 3.36. The first-order valence-corrected chi connectivity index (χ1v) is 8.04. The lowest BCUT2D eigenvalue weighted by Gasteiger charge is -2.35. The molecule has 0 radical (unpaired) electrons. The Hall–Kier alpha value is -1.71. The van der Waals surface area contributed by atoms with Crippen molar-refractivity contribution in [2.75, 3.05) is 32.9 Å². The first kappa shape index (κ1) is 15.2. The molecule has 1 aliphatic rings. The number of hydrogen-bond donors (Lipinski definition) is 1. The molecule has 0 spiro atoms. The van der Waals surface area contributed by atoms with Gasteiger partial charge in [-0.2, -0.15) is 0 Å². The Balaban J connectivity index is 1.79. The predicted molar refractivity (Wildman–Crippen MR) is 89.7 cm³/mol. The summed E-state index contributed by atoms with van der Waals surface area (Å²) in [6.07, 6.45) is 0.574. The molecule has 22 heavy (non-hydrogen) atoms. The zero-order valence-corrected chi connectivity index (χ0v) is 12.8. The van der Waals surface area contributed by atoms with Crippen molar-refractivity contribution in [3.63, 3.8) is 0 Å². The second-order valence-corrected chi connectivity index (χ2v) is 5.77. The molecular formula is C19H23FN2. The molecule has 2 aromatic rings. The van der Waals surface area contributed by atoms with Gasteiger partial charge < -0.3 is 5.32 Å². The second kappa shape index (κ2) is 7.52. The van der Waals surface area contributed by atoms with Crippen LogP contribution in [0.1, 0.15) is 18.0 Å². The van der Waals surface area contributed by atoms with Crippen LogP contribution < -0.4 is 5.32 Å². The van der Waals surface area contributed by atoms with Crippen LogP contribution in [0.25, 0.3) is 11.1 Å². The molecule has 1 heterocycles. The van der Waals surface area contributed by atoms with E-state index in [1.807, 2.05) is 6.07 Å². The van der Waals surface area contributed by atoms with Gasteiger partial charge in [0.15, 0.2) is 0 Å². The minimum Gasteiger partial charge on any atom is -0.314 e. The number of nitrogens with zero attached hydrogens (tertiary/aromatic N) is 1. The molecule has 0 amide bonds. The van der Waals surface area contributed by atoms with Gasteiger partial charge in [-0.3, -0.25) is 9.29 Å². The molecule has 3 heteroatoms. The standard InChI is InChI=1S/C19H23FN2/c20-11-10-19(22-14-12-21-13-15-22)18-8-6-17(7-9-18)16-4-2-1-3-5-16/h1-9,19,21H,10-15H2/t19-/m0/s1. The molecule has 0 aliphatic carbocycles. The quantitative estimate of drug-likeness (QED) is 0.906. The van der Waals surface area contributed by atoms with Crippen LogP contribution in [0.4, 0.5) is 4.39 Å². The number of piperazine rings is 1. The maximum absolute atomic E-state index is 13.0. The van der Waals surface area contributed by atoms with E-state index < -0.39 is 0 Å². The Morgan fingerprint density at radius 2 is 1.55 bits per heavy atom. The fourth-order valence-electron chi connectivity index (χ4n) is 3.19. The Kier molecular flexibility index (Phi) is 5.20. The van der Waals surface area contributed by atoms with Gasteiger partial charge in [0.05, 0.1) is 6.67 Å². The van der Waals surface area contributed by atoms with Crippen molar-refractivity contribution in [2.45, 2.75) is 12.5 Å². The molecule has 116 valence electrons. The van der Waals surface area contributed by atoms with Gasteiger partial charge in [0.1, 0.15) is 0 Å². The summed E-state index contributed by atoms with van der Waals surface area (Å²) in [6, 6.07) is 19.2. The zero-order chi connectivity index (χ0) is 15.2. The first-order chi connectivity index (χ1) is 10.9. The summed E-state index contributed by atoms with van der Waals surface area (Å²) < 4.78 is 13.0. The Labute approximate surface area is 132 Å². The average Bonchev–Trinajstić information content (AvgIpc) is 2.61. The van der Waals surface area contributed by atoms with E-state index in [1.54, 1.807) is 0 Å². The Morgan fingerprint density at radius 1 is 0.909 bits per heavy atom. The molecule has 0 saturated carbocycles. The normalized spacial score (nSPS) is 17.3. The third-order valence-corrected chi connectivity index (χ3v) is 4.38. The number of benzene rings is 2. The van der Waals surface area contributed by atoms with Crippen LogP contribution in [0.5, 0.6) is 0 Å². The lowest BCUT2D eigenvalue weighted by atomic mass is 9.98. The summed E-state index contributed by atoms with van der Waals surface area (Å²) >= 11 is 0. The first-order valence-electron chi connectivity index (χ1n) is 8.04. The van der Waals surface area contributed by atoms with Crippen LogP contribution in [0, 0.1) is 0 Å². The lowest BCUT2D eigenvalue weighted by molar-refractivity contribution is 0.157.